The molecule has 0 aromatic rings. The third-order valence-electron chi connectivity index (χ3n) is 4.44. The molecule has 4 N–H and O–H groups in total. The summed E-state index contributed by atoms with van der Waals surface area (Å²) in [6.07, 6.45) is 1.43. The van der Waals surface area contributed by atoms with Gasteiger partial charge in [0.05, 0.1) is 6.04 Å². The van der Waals surface area contributed by atoms with Gasteiger partial charge in [-0.05, 0) is 45.7 Å². The van der Waals surface area contributed by atoms with Crippen LogP contribution in [0.3, 0.4) is 0 Å². The molecule has 4 amide bonds. The van der Waals surface area contributed by atoms with E-state index >= 15 is 0 Å². The maximum absolute atomic E-state index is 12.2. The van der Waals surface area contributed by atoms with Crippen LogP contribution in [-0.2, 0) is 9.59 Å². The van der Waals surface area contributed by atoms with Gasteiger partial charge in [0.25, 0.3) is 0 Å². The fourth-order valence-corrected chi connectivity index (χ4v) is 2.45. The first-order valence-corrected chi connectivity index (χ1v) is 7.87. The molecule has 0 bridgehead atoms. The quantitative estimate of drug-likeness (QED) is 0.685. The van der Waals surface area contributed by atoms with Gasteiger partial charge in [-0.1, -0.05) is 13.8 Å². The van der Waals surface area contributed by atoms with Crippen LogP contribution in [0.5, 0.6) is 0 Å². The Morgan fingerprint density at radius 2 is 1.64 bits per heavy atom. The van der Waals surface area contributed by atoms with Gasteiger partial charge in [0.15, 0.2) is 0 Å². The lowest BCUT2D eigenvalue weighted by Gasteiger charge is -2.35. The molecule has 0 aromatic heterocycles. The molecule has 1 aliphatic rings. The van der Waals surface area contributed by atoms with Gasteiger partial charge < -0.3 is 11.1 Å². The molecule has 126 valence electrons. The van der Waals surface area contributed by atoms with Gasteiger partial charge in [-0.3, -0.25) is 19.8 Å². The highest BCUT2D eigenvalue weighted by atomic mass is 16.2. The summed E-state index contributed by atoms with van der Waals surface area (Å²) in [6.45, 7) is 9.20. The average molecular weight is 312 g/mol. The Balaban J connectivity index is 2.44. The van der Waals surface area contributed by atoms with E-state index in [-0.39, 0.29) is 17.9 Å². The first-order chi connectivity index (χ1) is 10.2. The molecule has 1 aliphatic heterocycles. The van der Waals surface area contributed by atoms with E-state index in [0.29, 0.717) is 31.8 Å². The number of amides is 4. The van der Waals surface area contributed by atoms with Gasteiger partial charge in [0, 0.05) is 12.0 Å². The number of rotatable bonds is 5. The molecule has 0 aliphatic carbocycles. The zero-order chi connectivity index (χ0) is 16.9. The van der Waals surface area contributed by atoms with Crippen molar-refractivity contribution in [2.45, 2.75) is 52.6 Å². The Bertz CT molecular complexity index is 417. The minimum Gasteiger partial charge on any atom is -0.353 e. The number of primary amides is 1. The van der Waals surface area contributed by atoms with E-state index in [9.17, 15) is 14.4 Å². The molecule has 7 heteroatoms. The van der Waals surface area contributed by atoms with Crippen LogP contribution in [0.1, 0.15) is 40.5 Å². The number of carbonyl (C=O) groups excluding carboxylic acids is 3. The number of nitrogens with two attached hydrogens (primary N) is 1. The Kier molecular flexibility index (Phi) is 6.80. The van der Waals surface area contributed by atoms with Crippen LogP contribution >= 0.6 is 0 Å². The predicted molar refractivity (Wildman–Crippen MR) is 83.9 cm³/mol. The van der Waals surface area contributed by atoms with E-state index in [4.69, 9.17) is 5.73 Å². The molecule has 0 radical (unpaired) electrons. The second-order valence-electron chi connectivity index (χ2n) is 6.38. The van der Waals surface area contributed by atoms with Crippen molar-refractivity contribution < 1.29 is 14.4 Å². The monoisotopic (exact) mass is 312 g/mol. The molecule has 0 saturated carbocycles. The van der Waals surface area contributed by atoms with Crippen LogP contribution in [0.25, 0.3) is 0 Å². The molecule has 2 atom stereocenters. The molecule has 22 heavy (non-hydrogen) atoms. The molecule has 1 heterocycles. The molecular formula is C15H28N4O3. The number of hydrogen-bond donors (Lipinski definition) is 3. The van der Waals surface area contributed by atoms with Gasteiger partial charge in [-0.2, -0.15) is 0 Å². The van der Waals surface area contributed by atoms with Crippen LogP contribution < -0.4 is 16.4 Å². The van der Waals surface area contributed by atoms with Crippen LogP contribution in [-0.4, -0.2) is 47.9 Å². The molecule has 1 saturated heterocycles. The van der Waals surface area contributed by atoms with Gasteiger partial charge in [0.2, 0.25) is 11.8 Å². The zero-order valence-electron chi connectivity index (χ0n) is 13.9. The van der Waals surface area contributed by atoms with Gasteiger partial charge >= 0.3 is 6.03 Å². The lowest BCUT2D eigenvalue weighted by Crippen LogP contribution is -2.52. The first kappa shape index (κ1) is 18.4. The molecule has 7 nitrogen and oxygen atoms in total. The summed E-state index contributed by atoms with van der Waals surface area (Å²) >= 11 is 0. The summed E-state index contributed by atoms with van der Waals surface area (Å²) in [7, 11) is 0. The fourth-order valence-electron chi connectivity index (χ4n) is 2.45. The second-order valence-corrected chi connectivity index (χ2v) is 6.38. The molecule has 0 aromatic carbocycles. The highest BCUT2D eigenvalue weighted by molar-refractivity contribution is 5.96. The minimum absolute atomic E-state index is 0.0103. The molecule has 0 unspecified atom stereocenters. The molecule has 0 spiro atoms. The molecule has 1 rings (SSSR count). The summed E-state index contributed by atoms with van der Waals surface area (Å²) in [5, 5.41) is 5.14. The minimum atomic E-state index is -0.839. The number of nitrogens with one attached hydrogen (secondary N) is 2. The largest absolute Gasteiger partial charge is 0.353 e. The first-order valence-electron chi connectivity index (χ1n) is 7.87. The Morgan fingerprint density at radius 3 is 2.09 bits per heavy atom. The highest BCUT2D eigenvalue weighted by Gasteiger charge is 2.30. The Morgan fingerprint density at radius 1 is 1.09 bits per heavy atom. The standard InChI is InChI=1S/C15H28N4O3/c1-9(2)10(3)17-14(21)12-5-7-19(8-6-12)11(4)13(20)18-15(16)22/h9-12H,5-8H2,1-4H3,(H,17,21)(H3,16,18,20,22)/t10-,11+/m1/s1. The maximum Gasteiger partial charge on any atom is 0.318 e. The SMILES string of the molecule is CC(C)[C@@H](C)NC(=O)C1CCN([C@@H](C)C(=O)NC(N)=O)CC1. The van der Waals surface area contributed by atoms with Crippen molar-refractivity contribution in [3.8, 4) is 0 Å². The summed E-state index contributed by atoms with van der Waals surface area (Å²) in [5.74, 6) is 0.0873. The van der Waals surface area contributed by atoms with Crippen molar-refractivity contribution in [2.24, 2.45) is 17.6 Å². The smallest absolute Gasteiger partial charge is 0.318 e. The normalized spacial score (nSPS) is 19.5. The third-order valence-corrected chi connectivity index (χ3v) is 4.44. The van der Waals surface area contributed by atoms with Crippen LogP contribution in [0, 0.1) is 11.8 Å². The van der Waals surface area contributed by atoms with Crippen LogP contribution in [0.15, 0.2) is 0 Å². The Labute approximate surface area is 132 Å². The van der Waals surface area contributed by atoms with Crippen molar-refractivity contribution in [3.63, 3.8) is 0 Å². The van der Waals surface area contributed by atoms with E-state index in [2.05, 4.69) is 24.5 Å². The Hall–Kier alpha value is -1.63. The third kappa shape index (κ3) is 5.29. The average Bonchev–Trinajstić information content (AvgIpc) is 2.45. The number of hydrogen-bond acceptors (Lipinski definition) is 4. The molecule has 1 fully saturated rings. The van der Waals surface area contributed by atoms with E-state index in [0.717, 1.165) is 0 Å². The summed E-state index contributed by atoms with van der Waals surface area (Å²) in [4.78, 5) is 36.6. The summed E-state index contributed by atoms with van der Waals surface area (Å²) in [5.41, 5.74) is 4.95. The number of piperidine rings is 1. The van der Waals surface area contributed by atoms with Gasteiger partial charge in [-0.25, -0.2) is 4.79 Å². The van der Waals surface area contributed by atoms with E-state index < -0.39 is 18.0 Å². The van der Waals surface area contributed by atoms with Crippen molar-refractivity contribution in [2.75, 3.05) is 13.1 Å². The number of carbonyl (C=O) groups is 3. The number of likely N-dealkylation sites (tertiary alicyclic amines) is 1. The summed E-state index contributed by atoms with van der Waals surface area (Å²) in [6, 6.07) is -1.11. The van der Waals surface area contributed by atoms with Crippen molar-refractivity contribution >= 4 is 17.8 Å². The molecular weight excluding hydrogens is 284 g/mol. The number of imide groups is 1. The summed E-state index contributed by atoms with van der Waals surface area (Å²) < 4.78 is 0. The van der Waals surface area contributed by atoms with Crippen LogP contribution in [0.2, 0.25) is 0 Å². The second kappa shape index (κ2) is 8.12. The topological polar surface area (TPSA) is 105 Å². The van der Waals surface area contributed by atoms with Gasteiger partial charge in [0.1, 0.15) is 0 Å². The zero-order valence-corrected chi connectivity index (χ0v) is 13.9. The van der Waals surface area contributed by atoms with E-state index in [1.54, 1.807) is 6.92 Å². The van der Waals surface area contributed by atoms with Crippen molar-refractivity contribution in [1.29, 1.82) is 0 Å². The lowest BCUT2D eigenvalue weighted by molar-refractivity contribution is -0.128. The lowest BCUT2D eigenvalue weighted by atomic mass is 9.94. The van der Waals surface area contributed by atoms with Gasteiger partial charge in [-0.15, -0.1) is 0 Å². The predicted octanol–water partition coefficient (Wildman–Crippen LogP) is 0.443. The fraction of sp³-hybridized carbons (Fsp3) is 0.800. The number of urea groups is 1. The highest BCUT2D eigenvalue weighted by Crippen LogP contribution is 2.19. The van der Waals surface area contributed by atoms with Crippen molar-refractivity contribution in [3.05, 3.63) is 0 Å². The number of nitrogens with zero attached hydrogens (tertiary/aromatic N) is 1. The van der Waals surface area contributed by atoms with E-state index in [1.165, 1.54) is 0 Å². The maximum atomic E-state index is 12.2. The van der Waals surface area contributed by atoms with Crippen molar-refractivity contribution in [1.82, 2.24) is 15.5 Å². The van der Waals surface area contributed by atoms with E-state index in [1.807, 2.05) is 11.8 Å². The van der Waals surface area contributed by atoms with Crippen LogP contribution in [0.4, 0.5) is 4.79 Å².